The van der Waals surface area contributed by atoms with Crippen molar-refractivity contribution in [1.29, 1.82) is 0 Å². The molecule has 7 nitrogen and oxygen atoms in total. The first-order valence-corrected chi connectivity index (χ1v) is 10.1. The molecule has 0 aliphatic heterocycles. The van der Waals surface area contributed by atoms with Crippen molar-refractivity contribution >= 4 is 23.5 Å². The first kappa shape index (κ1) is 20.7. The Morgan fingerprint density at radius 1 is 1.16 bits per heavy atom. The summed E-state index contributed by atoms with van der Waals surface area (Å²) in [5.41, 5.74) is 1.84. The second kappa shape index (κ2) is 9.49. The number of benzene rings is 2. The number of carbonyl (C=O) groups is 1. The van der Waals surface area contributed by atoms with E-state index in [-0.39, 0.29) is 12.3 Å². The zero-order chi connectivity index (χ0) is 21.6. The Hall–Kier alpha value is -3.58. The molecule has 2 aromatic heterocycles. The number of hydrogen-bond acceptors (Lipinski definition) is 5. The van der Waals surface area contributed by atoms with Crippen molar-refractivity contribution in [3.8, 4) is 17.1 Å². The van der Waals surface area contributed by atoms with Gasteiger partial charge in [-0.3, -0.25) is 10.1 Å². The van der Waals surface area contributed by atoms with Crippen molar-refractivity contribution in [2.75, 3.05) is 12.4 Å². The van der Waals surface area contributed by atoms with Crippen molar-refractivity contribution in [3.05, 3.63) is 83.6 Å². The summed E-state index contributed by atoms with van der Waals surface area (Å²) in [6.45, 7) is 0.514. The minimum atomic E-state index is -0.171. The molecule has 0 aliphatic carbocycles. The average Bonchev–Trinajstić information content (AvgIpc) is 3.44. The van der Waals surface area contributed by atoms with E-state index in [0.29, 0.717) is 35.6 Å². The first-order valence-electron chi connectivity index (χ1n) is 9.76. The summed E-state index contributed by atoms with van der Waals surface area (Å²) in [7, 11) is 1.62. The van der Waals surface area contributed by atoms with Crippen LogP contribution in [0, 0.1) is 0 Å². The van der Waals surface area contributed by atoms with Gasteiger partial charge in [0.2, 0.25) is 11.9 Å². The van der Waals surface area contributed by atoms with Gasteiger partial charge in [-0.15, -0.1) is 0 Å². The van der Waals surface area contributed by atoms with Crippen LogP contribution in [0.1, 0.15) is 17.9 Å². The molecule has 0 atom stereocenters. The Labute approximate surface area is 184 Å². The normalized spacial score (nSPS) is 10.8. The van der Waals surface area contributed by atoms with Crippen molar-refractivity contribution < 1.29 is 13.9 Å². The van der Waals surface area contributed by atoms with E-state index < -0.39 is 0 Å². The molecule has 2 aromatic carbocycles. The summed E-state index contributed by atoms with van der Waals surface area (Å²) in [5.74, 6) is 2.22. The molecule has 0 aliphatic rings. The highest BCUT2D eigenvalue weighted by molar-refractivity contribution is 6.31. The van der Waals surface area contributed by atoms with Crippen LogP contribution in [0.3, 0.4) is 0 Å². The fourth-order valence-electron chi connectivity index (χ4n) is 3.09. The van der Waals surface area contributed by atoms with E-state index in [0.717, 1.165) is 16.9 Å². The highest BCUT2D eigenvalue weighted by Gasteiger charge is 2.12. The first-order chi connectivity index (χ1) is 15.1. The zero-order valence-electron chi connectivity index (χ0n) is 16.9. The number of imidazole rings is 1. The maximum atomic E-state index is 12.4. The number of methoxy groups -OCH3 is 1. The van der Waals surface area contributed by atoms with Crippen LogP contribution in [0.5, 0.6) is 5.75 Å². The number of hydrogen-bond donors (Lipinski definition) is 1. The Balaban J connectivity index is 1.34. The molecule has 0 bridgehead atoms. The van der Waals surface area contributed by atoms with E-state index in [1.54, 1.807) is 25.7 Å². The zero-order valence-corrected chi connectivity index (χ0v) is 17.7. The van der Waals surface area contributed by atoms with Crippen LogP contribution in [-0.4, -0.2) is 27.6 Å². The van der Waals surface area contributed by atoms with E-state index in [1.807, 2.05) is 53.1 Å². The Morgan fingerprint density at radius 3 is 2.74 bits per heavy atom. The second-order valence-electron chi connectivity index (χ2n) is 6.87. The van der Waals surface area contributed by atoms with E-state index in [9.17, 15) is 4.79 Å². The van der Waals surface area contributed by atoms with Gasteiger partial charge in [-0.2, -0.15) is 0 Å². The van der Waals surface area contributed by atoms with E-state index in [4.69, 9.17) is 20.8 Å². The van der Waals surface area contributed by atoms with Gasteiger partial charge in [0.25, 0.3) is 0 Å². The molecule has 4 rings (SSSR count). The van der Waals surface area contributed by atoms with Crippen LogP contribution in [0.15, 0.2) is 71.5 Å². The third-order valence-electron chi connectivity index (χ3n) is 4.76. The Morgan fingerprint density at radius 2 is 1.97 bits per heavy atom. The van der Waals surface area contributed by atoms with Gasteiger partial charge in [-0.05, 0) is 35.9 Å². The number of oxazole rings is 1. The number of ether oxygens (including phenoxy) is 1. The largest absolute Gasteiger partial charge is 0.497 e. The number of rotatable bonds is 8. The van der Waals surface area contributed by atoms with Gasteiger partial charge in [0.05, 0.1) is 19.9 Å². The summed E-state index contributed by atoms with van der Waals surface area (Å²) in [4.78, 5) is 20.9. The smallest absolute Gasteiger partial charge is 0.227 e. The van der Waals surface area contributed by atoms with Gasteiger partial charge in [-0.25, -0.2) is 9.97 Å². The standard InChI is InChI=1S/C23H21ClN4O3/c1-30-18-8-6-16(7-9-18)20-14-26-22(31-20)11-10-21(29)27-23-25-12-13-28(23)15-17-4-2-3-5-19(17)24/h2-9,12-14H,10-11,15H2,1H3,(H,25,27,29). The molecule has 1 amide bonds. The minimum absolute atomic E-state index is 0.171. The van der Waals surface area contributed by atoms with Crippen LogP contribution in [-0.2, 0) is 17.8 Å². The third kappa shape index (κ3) is 5.13. The fourth-order valence-corrected chi connectivity index (χ4v) is 3.29. The van der Waals surface area contributed by atoms with Crippen LogP contribution in [0.4, 0.5) is 5.95 Å². The summed E-state index contributed by atoms with van der Waals surface area (Å²) < 4.78 is 12.8. The maximum Gasteiger partial charge on any atom is 0.227 e. The van der Waals surface area contributed by atoms with Gasteiger partial charge in [0.1, 0.15) is 5.75 Å². The minimum Gasteiger partial charge on any atom is -0.497 e. The summed E-state index contributed by atoms with van der Waals surface area (Å²) in [5, 5.41) is 3.51. The van der Waals surface area contributed by atoms with Crippen molar-refractivity contribution in [2.45, 2.75) is 19.4 Å². The molecule has 158 valence electrons. The molecule has 0 fully saturated rings. The lowest BCUT2D eigenvalue weighted by molar-refractivity contribution is -0.116. The molecule has 0 unspecified atom stereocenters. The number of nitrogens with zero attached hydrogens (tertiary/aromatic N) is 3. The number of anilines is 1. The third-order valence-corrected chi connectivity index (χ3v) is 5.13. The van der Waals surface area contributed by atoms with Crippen LogP contribution in [0.25, 0.3) is 11.3 Å². The van der Waals surface area contributed by atoms with Crippen LogP contribution < -0.4 is 10.1 Å². The van der Waals surface area contributed by atoms with E-state index in [2.05, 4.69) is 15.3 Å². The second-order valence-corrected chi connectivity index (χ2v) is 7.27. The lowest BCUT2D eigenvalue weighted by atomic mass is 10.2. The molecule has 0 saturated heterocycles. The van der Waals surface area contributed by atoms with Gasteiger partial charge in [0, 0.05) is 35.8 Å². The highest BCUT2D eigenvalue weighted by Crippen LogP contribution is 2.23. The lowest BCUT2D eigenvalue weighted by Crippen LogP contribution is -2.16. The number of amides is 1. The van der Waals surface area contributed by atoms with Gasteiger partial charge in [0.15, 0.2) is 11.7 Å². The SMILES string of the molecule is COc1ccc(-c2cnc(CCC(=O)Nc3nccn3Cc3ccccc3Cl)o2)cc1. The van der Waals surface area contributed by atoms with Crippen molar-refractivity contribution in [2.24, 2.45) is 0 Å². The van der Waals surface area contributed by atoms with Crippen LogP contribution >= 0.6 is 11.6 Å². The molecule has 8 heteroatoms. The molecule has 4 aromatic rings. The Kier molecular flexibility index (Phi) is 6.33. The topological polar surface area (TPSA) is 82.2 Å². The van der Waals surface area contributed by atoms with Crippen molar-refractivity contribution in [3.63, 3.8) is 0 Å². The quantitative estimate of drug-likeness (QED) is 0.428. The molecule has 0 radical (unpaired) electrons. The molecule has 1 N–H and O–H groups in total. The predicted molar refractivity (Wildman–Crippen MR) is 118 cm³/mol. The van der Waals surface area contributed by atoms with Gasteiger partial charge in [-0.1, -0.05) is 29.8 Å². The summed E-state index contributed by atoms with van der Waals surface area (Å²) >= 11 is 6.23. The Bertz CT molecular complexity index is 1170. The number of halogens is 1. The summed E-state index contributed by atoms with van der Waals surface area (Å²) in [6.07, 6.45) is 5.70. The van der Waals surface area contributed by atoms with Gasteiger partial charge >= 0.3 is 0 Å². The van der Waals surface area contributed by atoms with E-state index in [1.165, 1.54) is 0 Å². The predicted octanol–water partition coefficient (Wildman–Crippen LogP) is 4.82. The molecule has 31 heavy (non-hydrogen) atoms. The molecular formula is C23H21ClN4O3. The van der Waals surface area contributed by atoms with Crippen molar-refractivity contribution in [1.82, 2.24) is 14.5 Å². The number of aromatic nitrogens is 3. The maximum absolute atomic E-state index is 12.4. The lowest BCUT2D eigenvalue weighted by Gasteiger charge is -2.10. The number of carbonyl (C=O) groups excluding carboxylic acids is 1. The fraction of sp³-hybridized carbons (Fsp3) is 0.174. The number of nitrogens with one attached hydrogen (secondary N) is 1. The van der Waals surface area contributed by atoms with Crippen LogP contribution in [0.2, 0.25) is 5.02 Å². The summed E-state index contributed by atoms with van der Waals surface area (Å²) in [6, 6.07) is 15.1. The molecule has 0 spiro atoms. The van der Waals surface area contributed by atoms with Gasteiger partial charge < -0.3 is 13.7 Å². The monoisotopic (exact) mass is 436 g/mol. The highest BCUT2D eigenvalue weighted by atomic mass is 35.5. The molecule has 2 heterocycles. The average molecular weight is 437 g/mol. The number of aryl methyl sites for hydroxylation is 1. The van der Waals surface area contributed by atoms with E-state index >= 15 is 0 Å². The molecular weight excluding hydrogens is 416 g/mol. The molecule has 0 saturated carbocycles.